The minimum Gasteiger partial charge on any atom is -0.508 e. The fourth-order valence-electron chi connectivity index (χ4n) is 2.62. The number of allylic oxidation sites excluding steroid dienone is 3. The minimum atomic E-state index is -0.346. The van der Waals surface area contributed by atoms with Crippen molar-refractivity contribution in [3.05, 3.63) is 59.1 Å². The smallest absolute Gasteiger partial charge is 0.170 e. The Labute approximate surface area is 98.7 Å². The SMILES string of the molecule is O=C1c2ccccc2CC2C(O)=C(O)C=CC12. The number of Topliss-reactive ketones (excluding diaryl/α,β-unsaturated/α-hetero) is 1. The number of rotatable bonds is 0. The summed E-state index contributed by atoms with van der Waals surface area (Å²) in [6, 6.07) is 7.44. The van der Waals surface area contributed by atoms with E-state index < -0.39 is 0 Å². The number of carbonyl (C=O) groups excluding carboxylic acids is 1. The molecule has 0 heterocycles. The van der Waals surface area contributed by atoms with Gasteiger partial charge in [0.1, 0.15) is 5.76 Å². The van der Waals surface area contributed by atoms with Crippen LogP contribution < -0.4 is 0 Å². The van der Waals surface area contributed by atoms with Gasteiger partial charge in [0.25, 0.3) is 0 Å². The number of ketones is 1. The number of hydrogen-bond acceptors (Lipinski definition) is 3. The third kappa shape index (κ3) is 1.39. The Morgan fingerprint density at radius 2 is 1.94 bits per heavy atom. The minimum absolute atomic E-state index is 0.0205. The molecule has 0 radical (unpaired) electrons. The van der Waals surface area contributed by atoms with E-state index in [9.17, 15) is 15.0 Å². The fourth-order valence-corrected chi connectivity index (χ4v) is 2.62. The fraction of sp³-hybridized carbons (Fsp3) is 0.214. The Kier molecular flexibility index (Phi) is 2.08. The first-order valence-corrected chi connectivity index (χ1v) is 5.61. The molecule has 2 N–H and O–H groups in total. The predicted molar refractivity (Wildman–Crippen MR) is 62.9 cm³/mol. The molecule has 2 aliphatic rings. The highest BCUT2D eigenvalue weighted by Crippen LogP contribution is 2.37. The highest BCUT2D eigenvalue weighted by Gasteiger charge is 2.38. The van der Waals surface area contributed by atoms with Gasteiger partial charge in [-0.05, 0) is 18.1 Å². The predicted octanol–water partition coefficient (Wildman–Crippen LogP) is 2.56. The Hall–Kier alpha value is -2.03. The summed E-state index contributed by atoms with van der Waals surface area (Å²) in [5.41, 5.74) is 1.67. The second-order valence-corrected chi connectivity index (χ2v) is 4.49. The van der Waals surface area contributed by atoms with Crippen molar-refractivity contribution >= 4 is 5.78 Å². The molecule has 3 nitrogen and oxygen atoms in total. The molecule has 1 aromatic carbocycles. The molecule has 2 atom stereocenters. The molecule has 0 aliphatic heterocycles. The van der Waals surface area contributed by atoms with Crippen LogP contribution in [0.1, 0.15) is 15.9 Å². The maximum Gasteiger partial charge on any atom is 0.170 e. The highest BCUT2D eigenvalue weighted by molar-refractivity contribution is 6.01. The van der Waals surface area contributed by atoms with Crippen molar-refractivity contribution in [2.24, 2.45) is 11.8 Å². The van der Waals surface area contributed by atoms with Gasteiger partial charge in [-0.1, -0.05) is 30.3 Å². The van der Waals surface area contributed by atoms with Crippen LogP contribution in [0.25, 0.3) is 0 Å². The Morgan fingerprint density at radius 3 is 2.76 bits per heavy atom. The number of aliphatic hydroxyl groups excluding tert-OH is 2. The summed E-state index contributed by atoms with van der Waals surface area (Å²) in [4.78, 5) is 12.2. The molecule has 2 aliphatic carbocycles. The van der Waals surface area contributed by atoms with Crippen LogP contribution in [0.5, 0.6) is 0 Å². The van der Waals surface area contributed by atoms with Crippen molar-refractivity contribution in [2.75, 3.05) is 0 Å². The first-order chi connectivity index (χ1) is 8.18. The van der Waals surface area contributed by atoms with Crippen molar-refractivity contribution in [1.29, 1.82) is 0 Å². The molecule has 86 valence electrons. The van der Waals surface area contributed by atoms with Crippen LogP contribution in [0, 0.1) is 11.8 Å². The van der Waals surface area contributed by atoms with Crippen molar-refractivity contribution in [3.63, 3.8) is 0 Å². The molecule has 2 unspecified atom stereocenters. The number of hydrogen-bond donors (Lipinski definition) is 2. The van der Waals surface area contributed by atoms with Crippen LogP contribution in [0.3, 0.4) is 0 Å². The van der Waals surface area contributed by atoms with Gasteiger partial charge in [-0.2, -0.15) is 0 Å². The van der Waals surface area contributed by atoms with E-state index in [0.29, 0.717) is 6.42 Å². The third-order valence-electron chi connectivity index (χ3n) is 3.53. The third-order valence-corrected chi connectivity index (χ3v) is 3.53. The summed E-state index contributed by atoms with van der Waals surface area (Å²) in [6.07, 6.45) is 3.67. The van der Waals surface area contributed by atoms with Gasteiger partial charge in [-0.3, -0.25) is 4.79 Å². The normalized spacial score (nSPS) is 26.7. The molecular formula is C14H12O3. The maximum absolute atomic E-state index is 12.2. The molecule has 3 heteroatoms. The van der Waals surface area contributed by atoms with Gasteiger partial charge in [-0.25, -0.2) is 0 Å². The first kappa shape index (κ1) is 10.1. The molecule has 1 aromatic rings. The van der Waals surface area contributed by atoms with Gasteiger partial charge in [0.15, 0.2) is 11.5 Å². The zero-order valence-corrected chi connectivity index (χ0v) is 9.13. The maximum atomic E-state index is 12.2. The molecule has 0 aromatic heterocycles. The van der Waals surface area contributed by atoms with Gasteiger partial charge in [0.2, 0.25) is 0 Å². The van der Waals surface area contributed by atoms with E-state index in [2.05, 4.69) is 0 Å². The second kappa shape index (κ2) is 3.48. The van der Waals surface area contributed by atoms with Crippen LogP contribution in [-0.4, -0.2) is 16.0 Å². The molecule has 0 saturated carbocycles. The van der Waals surface area contributed by atoms with Crippen LogP contribution >= 0.6 is 0 Å². The van der Waals surface area contributed by atoms with E-state index in [0.717, 1.165) is 11.1 Å². The van der Waals surface area contributed by atoms with Crippen molar-refractivity contribution < 1.29 is 15.0 Å². The summed E-state index contributed by atoms with van der Waals surface area (Å²) in [5, 5.41) is 19.3. The standard InChI is InChI=1S/C14H12O3/c15-12-6-5-10-11(14(12)17)7-8-3-1-2-4-9(8)13(10)16/h1-6,10-11,15,17H,7H2. The molecule has 0 saturated heterocycles. The van der Waals surface area contributed by atoms with Gasteiger partial charge in [0, 0.05) is 11.5 Å². The van der Waals surface area contributed by atoms with Crippen LogP contribution in [0.15, 0.2) is 47.9 Å². The van der Waals surface area contributed by atoms with E-state index in [-0.39, 0.29) is 29.1 Å². The van der Waals surface area contributed by atoms with E-state index in [4.69, 9.17) is 0 Å². The lowest BCUT2D eigenvalue weighted by atomic mass is 9.72. The summed E-state index contributed by atoms with van der Waals surface area (Å²) >= 11 is 0. The van der Waals surface area contributed by atoms with Crippen LogP contribution in [0.2, 0.25) is 0 Å². The summed E-state index contributed by atoms with van der Waals surface area (Å²) < 4.78 is 0. The molecule has 0 fully saturated rings. The largest absolute Gasteiger partial charge is 0.508 e. The zero-order valence-electron chi connectivity index (χ0n) is 9.13. The Morgan fingerprint density at radius 1 is 1.18 bits per heavy atom. The lowest BCUT2D eigenvalue weighted by molar-refractivity contribution is 0.0876. The highest BCUT2D eigenvalue weighted by atomic mass is 16.3. The lowest BCUT2D eigenvalue weighted by Gasteiger charge is -2.31. The molecule has 0 amide bonds. The van der Waals surface area contributed by atoms with Gasteiger partial charge < -0.3 is 10.2 Å². The summed E-state index contributed by atoms with van der Waals surface area (Å²) in [7, 11) is 0. The van der Waals surface area contributed by atoms with Gasteiger partial charge in [-0.15, -0.1) is 0 Å². The van der Waals surface area contributed by atoms with E-state index >= 15 is 0 Å². The van der Waals surface area contributed by atoms with Crippen LogP contribution in [-0.2, 0) is 6.42 Å². The van der Waals surface area contributed by atoms with Crippen molar-refractivity contribution in [1.82, 2.24) is 0 Å². The Bertz CT molecular complexity index is 554. The van der Waals surface area contributed by atoms with Crippen LogP contribution in [0.4, 0.5) is 0 Å². The van der Waals surface area contributed by atoms with Crippen molar-refractivity contribution in [3.8, 4) is 0 Å². The van der Waals surface area contributed by atoms with E-state index in [1.165, 1.54) is 6.08 Å². The second-order valence-electron chi connectivity index (χ2n) is 4.49. The lowest BCUT2D eigenvalue weighted by Crippen LogP contribution is -2.33. The Balaban J connectivity index is 2.12. The summed E-state index contributed by atoms with van der Waals surface area (Å²) in [6.45, 7) is 0. The van der Waals surface area contributed by atoms with Gasteiger partial charge >= 0.3 is 0 Å². The average molecular weight is 228 g/mol. The number of fused-ring (bicyclic) bond motifs is 2. The zero-order chi connectivity index (χ0) is 12.0. The quantitative estimate of drug-likeness (QED) is 0.717. The number of benzene rings is 1. The van der Waals surface area contributed by atoms with E-state index in [1.54, 1.807) is 6.08 Å². The van der Waals surface area contributed by atoms with Gasteiger partial charge in [0.05, 0.1) is 5.92 Å². The summed E-state index contributed by atoms with van der Waals surface area (Å²) in [5.74, 6) is -0.839. The molecule has 0 spiro atoms. The molecule has 3 rings (SSSR count). The van der Waals surface area contributed by atoms with Crippen molar-refractivity contribution in [2.45, 2.75) is 6.42 Å². The molecule has 17 heavy (non-hydrogen) atoms. The average Bonchev–Trinajstić information content (AvgIpc) is 2.35. The topological polar surface area (TPSA) is 57.5 Å². The first-order valence-electron chi connectivity index (χ1n) is 5.61. The molecular weight excluding hydrogens is 216 g/mol. The number of carbonyl (C=O) groups is 1. The monoisotopic (exact) mass is 228 g/mol. The van der Waals surface area contributed by atoms with E-state index in [1.807, 2.05) is 24.3 Å². The number of aliphatic hydroxyl groups is 2. The molecule has 0 bridgehead atoms.